The maximum absolute atomic E-state index is 11.8. The van der Waals surface area contributed by atoms with Gasteiger partial charge >= 0.3 is 10.2 Å². The van der Waals surface area contributed by atoms with E-state index in [9.17, 15) is 18.3 Å². The Kier molecular flexibility index (Phi) is 4.22. The molecule has 1 amide bonds. The van der Waals surface area contributed by atoms with Gasteiger partial charge in [0.05, 0.1) is 16.4 Å². The Balaban J connectivity index is 1.78. The van der Waals surface area contributed by atoms with E-state index in [2.05, 4.69) is 4.98 Å². The number of hydrogen-bond donors (Lipinski definition) is 2. The summed E-state index contributed by atoms with van der Waals surface area (Å²) in [6, 6.07) is 4.82. The van der Waals surface area contributed by atoms with Crippen LogP contribution in [0.2, 0.25) is 0 Å². The molecular weight excluding hydrogens is 350 g/mol. The Morgan fingerprint density at radius 2 is 2.08 bits per heavy atom. The summed E-state index contributed by atoms with van der Waals surface area (Å²) in [4.78, 5) is 16.9. The summed E-state index contributed by atoms with van der Waals surface area (Å²) in [7, 11) is -3.92. The first-order valence-electron chi connectivity index (χ1n) is 7.34. The van der Waals surface area contributed by atoms with Gasteiger partial charge in [0.2, 0.25) is 0 Å². The summed E-state index contributed by atoms with van der Waals surface area (Å²) in [6.45, 7) is 3.61. The number of aryl methyl sites for hydroxylation is 4. The molecule has 1 fully saturated rings. The van der Waals surface area contributed by atoms with E-state index in [-0.39, 0.29) is 18.0 Å². The zero-order valence-electron chi connectivity index (χ0n) is 13.2. The topological polar surface area (TPSA) is 99.6 Å². The lowest BCUT2D eigenvalue weighted by atomic mass is 10.1. The van der Waals surface area contributed by atoms with E-state index >= 15 is 0 Å². The first kappa shape index (κ1) is 16.7. The van der Waals surface area contributed by atoms with Crippen LogP contribution < -0.4 is 9.03 Å². The molecule has 1 aromatic carbocycles. The Morgan fingerprint density at radius 3 is 2.62 bits per heavy atom. The maximum Gasteiger partial charge on any atom is 0.326 e. The number of aromatic nitrogens is 1. The number of phenols is 1. The molecule has 128 valence electrons. The molecule has 1 aromatic heterocycles. The van der Waals surface area contributed by atoms with Crippen molar-refractivity contribution in [2.24, 2.45) is 0 Å². The van der Waals surface area contributed by atoms with Crippen molar-refractivity contribution in [3.8, 4) is 5.75 Å². The highest BCUT2D eigenvalue weighted by atomic mass is 32.2. The Labute approximate surface area is 144 Å². The summed E-state index contributed by atoms with van der Waals surface area (Å²) in [5.74, 6) is -0.778. The molecule has 0 saturated carbocycles. The number of carbonyl (C=O) groups is 1. The van der Waals surface area contributed by atoms with Gasteiger partial charge in [0.15, 0.2) is 0 Å². The number of thiazole rings is 1. The summed E-state index contributed by atoms with van der Waals surface area (Å²) >= 11 is 1.65. The highest BCUT2D eigenvalue weighted by molar-refractivity contribution is 7.92. The molecule has 24 heavy (non-hydrogen) atoms. The number of aromatic hydroxyl groups is 1. The van der Waals surface area contributed by atoms with Crippen LogP contribution in [0.3, 0.4) is 0 Å². The number of phenolic OH excluding ortho intramolecular Hbond substituents is 1. The van der Waals surface area contributed by atoms with Crippen molar-refractivity contribution in [2.75, 3.05) is 10.8 Å². The van der Waals surface area contributed by atoms with Crippen molar-refractivity contribution in [2.45, 2.75) is 26.7 Å². The molecule has 0 unspecified atom stereocenters. The average Bonchev–Trinajstić information content (AvgIpc) is 2.94. The molecule has 0 radical (unpaired) electrons. The van der Waals surface area contributed by atoms with Crippen LogP contribution in [0.5, 0.6) is 5.75 Å². The number of carbonyl (C=O) groups excluding carboxylic acids is 1. The third-order valence-corrected chi connectivity index (χ3v) is 6.29. The van der Waals surface area contributed by atoms with Crippen molar-refractivity contribution >= 4 is 33.1 Å². The van der Waals surface area contributed by atoms with Gasteiger partial charge < -0.3 is 5.11 Å². The standard InChI is InChI=1S/C15H17N3O4S2/c1-9-14(23-10(2)16-9)6-4-11-3-5-12(13(19)7-11)18-8-15(20)17-24(18,21)22/h3,5,7,19H,4,6,8H2,1-2H3,(H,17,20). The van der Waals surface area contributed by atoms with Gasteiger partial charge in [-0.15, -0.1) is 11.3 Å². The summed E-state index contributed by atoms with van der Waals surface area (Å²) in [5, 5.41) is 11.2. The summed E-state index contributed by atoms with van der Waals surface area (Å²) < 4.78 is 26.4. The Morgan fingerprint density at radius 1 is 1.33 bits per heavy atom. The third kappa shape index (κ3) is 3.22. The lowest BCUT2D eigenvalue weighted by Crippen LogP contribution is -2.29. The molecule has 2 N–H and O–H groups in total. The fourth-order valence-electron chi connectivity index (χ4n) is 2.66. The minimum Gasteiger partial charge on any atom is -0.506 e. The monoisotopic (exact) mass is 367 g/mol. The van der Waals surface area contributed by atoms with Gasteiger partial charge in [-0.3, -0.25) is 4.79 Å². The normalized spacial score (nSPS) is 16.4. The van der Waals surface area contributed by atoms with E-state index in [1.165, 1.54) is 17.0 Å². The maximum atomic E-state index is 11.8. The van der Waals surface area contributed by atoms with Gasteiger partial charge in [0, 0.05) is 4.88 Å². The molecule has 0 spiro atoms. The lowest BCUT2D eigenvalue weighted by molar-refractivity contribution is -0.117. The van der Waals surface area contributed by atoms with Crippen LogP contribution in [0.25, 0.3) is 0 Å². The molecule has 2 aromatic rings. The van der Waals surface area contributed by atoms with E-state index in [1.807, 2.05) is 18.6 Å². The molecule has 1 aliphatic rings. The molecule has 1 saturated heterocycles. The fraction of sp³-hybridized carbons (Fsp3) is 0.333. The van der Waals surface area contributed by atoms with Crippen LogP contribution >= 0.6 is 11.3 Å². The number of nitrogens with one attached hydrogen (secondary N) is 1. The van der Waals surface area contributed by atoms with E-state index in [0.717, 1.165) is 27.0 Å². The number of hydrogen-bond acceptors (Lipinski definition) is 6. The van der Waals surface area contributed by atoms with E-state index in [4.69, 9.17) is 0 Å². The van der Waals surface area contributed by atoms with Crippen molar-refractivity contribution in [1.82, 2.24) is 9.71 Å². The smallest absolute Gasteiger partial charge is 0.326 e. The first-order valence-corrected chi connectivity index (χ1v) is 9.60. The molecular formula is C15H17N3O4S2. The molecule has 3 rings (SSSR count). The number of benzene rings is 1. The van der Waals surface area contributed by atoms with Gasteiger partial charge in [-0.1, -0.05) is 6.07 Å². The van der Waals surface area contributed by atoms with Crippen LogP contribution in [0.4, 0.5) is 5.69 Å². The minimum atomic E-state index is -3.92. The second-order valence-corrected chi connectivity index (χ2v) is 8.48. The van der Waals surface area contributed by atoms with Gasteiger partial charge in [0.1, 0.15) is 12.3 Å². The number of amides is 1. The van der Waals surface area contributed by atoms with E-state index < -0.39 is 16.1 Å². The van der Waals surface area contributed by atoms with Crippen LogP contribution in [0.1, 0.15) is 21.1 Å². The predicted octanol–water partition coefficient (Wildman–Crippen LogP) is 1.43. The largest absolute Gasteiger partial charge is 0.506 e. The van der Waals surface area contributed by atoms with Gasteiger partial charge in [-0.05, 0) is 44.4 Å². The van der Waals surface area contributed by atoms with Crippen LogP contribution in [-0.2, 0) is 27.8 Å². The molecule has 2 heterocycles. The molecule has 0 atom stereocenters. The lowest BCUT2D eigenvalue weighted by Gasteiger charge is -2.16. The van der Waals surface area contributed by atoms with Crippen molar-refractivity contribution in [3.05, 3.63) is 39.3 Å². The average molecular weight is 367 g/mol. The van der Waals surface area contributed by atoms with Crippen molar-refractivity contribution in [3.63, 3.8) is 0 Å². The van der Waals surface area contributed by atoms with Crippen molar-refractivity contribution < 1.29 is 18.3 Å². The van der Waals surface area contributed by atoms with Gasteiger partial charge in [-0.2, -0.15) is 8.42 Å². The molecule has 0 bridgehead atoms. The minimum absolute atomic E-state index is 0.0990. The number of anilines is 1. The summed E-state index contributed by atoms with van der Waals surface area (Å²) in [6.07, 6.45) is 1.51. The molecule has 1 aliphatic heterocycles. The summed E-state index contributed by atoms with van der Waals surface area (Å²) in [5.41, 5.74) is 2.01. The highest BCUT2D eigenvalue weighted by Gasteiger charge is 2.35. The molecule has 9 heteroatoms. The van der Waals surface area contributed by atoms with E-state index in [0.29, 0.717) is 6.42 Å². The second-order valence-electron chi connectivity index (χ2n) is 5.60. The molecule has 0 aliphatic carbocycles. The van der Waals surface area contributed by atoms with Crippen LogP contribution in [-0.4, -0.2) is 31.0 Å². The van der Waals surface area contributed by atoms with Gasteiger partial charge in [-0.25, -0.2) is 14.0 Å². The first-order chi connectivity index (χ1) is 11.3. The van der Waals surface area contributed by atoms with Crippen LogP contribution in [0.15, 0.2) is 18.2 Å². The van der Waals surface area contributed by atoms with Crippen LogP contribution in [0, 0.1) is 13.8 Å². The number of nitrogens with zero attached hydrogens (tertiary/aromatic N) is 2. The van der Waals surface area contributed by atoms with E-state index in [1.54, 1.807) is 17.4 Å². The zero-order chi connectivity index (χ0) is 17.5. The third-order valence-electron chi connectivity index (χ3n) is 3.77. The highest BCUT2D eigenvalue weighted by Crippen LogP contribution is 2.32. The predicted molar refractivity (Wildman–Crippen MR) is 91.5 cm³/mol. The molecule has 7 nitrogen and oxygen atoms in total. The SMILES string of the molecule is Cc1nc(C)c(CCc2ccc(N3CC(=O)NS3(=O)=O)c(O)c2)s1. The Bertz CT molecular complexity index is 905. The fourth-order valence-corrected chi connectivity index (χ4v) is 4.76. The van der Waals surface area contributed by atoms with Crippen molar-refractivity contribution in [1.29, 1.82) is 0 Å². The quantitative estimate of drug-likeness (QED) is 0.852. The number of rotatable bonds is 4. The zero-order valence-corrected chi connectivity index (χ0v) is 14.9. The Hall–Kier alpha value is -2.13. The van der Waals surface area contributed by atoms with Gasteiger partial charge in [0.25, 0.3) is 5.91 Å². The second kappa shape index (κ2) is 6.06.